The summed E-state index contributed by atoms with van der Waals surface area (Å²) in [6.07, 6.45) is 0. The van der Waals surface area contributed by atoms with Gasteiger partial charge in [-0.3, -0.25) is 0 Å². The fourth-order valence-electron chi connectivity index (χ4n) is 1.79. The van der Waals surface area contributed by atoms with Gasteiger partial charge in [0.15, 0.2) is 5.82 Å². The molecule has 0 radical (unpaired) electrons. The van der Waals surface area contributed by atoms with E-state index in [0.29, 0.717) is 16.5 Å². The molecule has 112 valence electrons. The van der Waals surface area contributed by atoms with Crippen LogP contribution in [0.3, 0.4) is 0 Å². The number of carbonyl (C=O) groups excluding carboxylic acids is 1. The lowest BCUT2D eigenvalue weighted by molar-refractivity contribution is 0.0520. The Labute approximate surface area is 126 Å². The maximum absolute atomic E-state index is 11.7. The van der Waals surface area contributed by atoms with Gasteiger partial charge in [-0.05, 0) is 25.5 Å². The number of rotatable bonds is 4. The topological polar surface area (TPSA) is 92.3 Å². The second-order valence-electron chi connectivity index (χ2n) is 4.23. The van der Waals surface area contributed by atoms with Crippen LogP contribution in [0.1, 0.15) is 23.0 Å². The van der Waals surface area contributed by atoms with Crippen molar-refractivity contribution in [2.75, 3.05) is 19.5 Å². The Morgan fingerprint density at radius 1 is 1.48 bits per heavy atom. The van der Waals surface area contributed by atoms with Gasteiger partial charge in [0.25, 0.3) is 0 Å². The van der Waals surface area contributed by atoms with Crippen molar-refractivity contribution >= 4 is 23.4 Å². The highest BCUT2D eigenvalue weighted by Gasteiger charge is 2.21. The molecule has 21 heavy (non-hydrogen) atoms. The van der Waals surface area contributed by atoms with Crippen LogP contribution in [0, 0.1) is 6.92 Å². The van der Waals surface area contributed by atoms with E-state index in [1.165, 1.54) is 11.8 Å². The van der Waals surface area contributed by atoms with E-state index >= 15 is 0 Å². The zero-order chi connectivity index (χ0) is 15.6. The van der Waals surface area contributed by atoms with E-state index in [9.17, 15) is 4.79 Å². The zero-order valence-corrected chi connectivity index (χ0v) is 12.6. The van der Waals surface area contributed by atoms with Crippen LogP contribution in [0.4, 0.5) is 5.82 Å². The standard InChI is InChI=1S/C13H15ClN4O3/c1-4-21-13(19)11-12(15)18(17-16-11)9-5-7(2)8(14)6-10(9)20-3/h5-6H,4,15H2,1-3H3. The largest absolute Gasteiger partial charge is 0.494 e. The van der Waals surface area contributed by atoms with Gasteiger partial charge in [-0.15, -0.1) is 5.10 Å². The summed E-state index contributed by atoms with van der Waals surface area (Å²) >= 11 is 6.06. The molecule has 7 nitrogen and oxygen atoms in total. The van der Waals surface area contributed by atoms with Crippen molar-refractivity contribution in [3.05, 3.63) is 28.4 Å². The summed E-state index contributed by atoms with van der Waals surface area (Å²) in [6, 6.07) is 3.40. The normalized spacial score (nSPS) is 10.5. The van der Waals surface area contributed by atoms with Crippen LogP contribution in [0.2, 0.25) is 5.02 Å². The van der Waals surface area contributed by atoms with Gasteiger partial charge < -0.3 is 15.2 Å². The average molecular weight is 311 g/mol. The molecule has 0 atom stereocenters. The molecule has 2 rings (SSSR count). The van der Waals surface area contributed by atoms with Crippen LogP contribution < -0.4 is 10.5 Å². The second-order valence-corrected chi connectivity index (χ2v) is 4.64. The summed E-state index contributed by atoms with van der Waals surface area (Å²) in [5, 5.41) is 8.20. The maximum atomic E-state index is 11.7. The number of benzene rings is 1. The quantitative estimate of drug-likeness (QED) is 0.868. The van der Waals surface area contributed by atoms with E-state index < -0.39 is 5.97 Å². The smallest absolute Gasteiger partial charge is 0.362 e. The number of hydrogen-bond acceptors (Lipinski definition) is 6. The highest BCUT2D eigenvalue weighted by Crippen LogP contribution is 2.31. The third kappa shape index (κ3) is 2.78. The first kappa shape index (κ1) is 15.1. The van der Waals surface area contributed by atoms with Crippen molar-refractivity contribution in [3.63, 3.8) is 0 Å². The van der Waals surface area contributed by atoms with E-state index in [0.717, 1.165) is 5.56 Å². The molecule has 1 aromatic carbocycles. The molecule has 0 bridgehead atoms. The van der Waals surface area contributed by atoms with Gasteiger partial charge in [-0.1, -0.05) is 16.8 Å². The van der Waals surface area contributed by atoms with Gasteiger partial charge in [0.05, 0.1) is 13.7 Å². The van der Waals surface area contributed by atoms with Crippen LogP contribution in [-0.4, -0.2) is 34.7 Å². The highest BCUT2D eigenvalue weighted by molar-refractivity contribution is 6.31. The van der Waals surface area contributed by atoms with E-state index in [1.807, 2.05) is 6.92 Å². The van der Waals surface area contributed by atoms with Crippen LogP contribution in [0.25, 0.3) is 5.69 Å². The Morgan fingerprint density at radius 3 is 2.81 bits per heavy atom. The van der Waals surface area contributed by atoms with Crippen molar-refractivity contribution in [2.24, 2.45) is 0 Å². The molecule has 0 fully saturated rings. The summed E-state index contributed by atoms with van der Waals surface area (Å²) in [6.45, 7) is 3.77. The number of esters is 1. The van der Waals surface area contributed by atoms with Gasteiger partial charge in [-0.2, -0.15) is 4.68 Å². The third-order valence-corrected chi connectivity index (χ3v) is 3.27. The molecule has 0 spiro atoms. The predicted molar refractivity (Wildman–Crippen MR) is 78.0 cm³/mol. The first-order valence-electron chi connectivity index (χ1n) is 6.22. The van der Waals surface area contributed by atoms with E-state index in [-0.39, 0.29) is 18.1 Å². The summed E-state index contributed by atoms with van der Waals surface area (Å²) in [7, 11) is 1.50. The van der Waals surface area contributed by atoms with E-state index in [2.05, 4.69) is 10.3 Å². The third-order valence-electron chi connectivity index (χ3n) is 2.86. The number of ether oxygens (including phenoxy) is 2. The lowest BCUT2D eigenvalue weighted by atomic mass is 10.2. The molecule has 0 aliphatic carbocycles. The molecule has 0 amide bonds. The van der Waals surface area contributed by atoms with Crippen LogP contribution >= 0.6 is 11.6 Å². The molecular weight excluding hydrogens is 296 g/mol. The summed E-state index contributed by atoms with van der Waals surface area (Å²) in [4.78, 5) is 11.7. The Balaban J connectivity index is 2.53. The second kappa shape index (κ2) is 6.01. The summed E-state index contributed by atoms with van der Waals surface area (Å²) < 4.78 is 11.4. The minimum atomic E-state index is -0.620. The average Bonchev–Trinajstić information content (AvgIpc) is 2.83. The lowest BCUT2D eigenvalue weighted by Gasteiger charge is -2.11. The Kier molecular flexibility index (Phi) is 4.32. The Hall–Kier alpha value is -2.28. The monoisotopic (exact) mass is 310 g/mol. The predicted octanol–water partition coefficient (Wildman–Crippen LogP) is 2.00. The van der Waals surface area contributed by atoms with Crippen molar-refractivity contribution in [2.45, 2.75) is 13.8 Å². The number of halogens is 1. The first-order chi connectivity index (χ1) is 9.99. The minimum Gasteiger partial charge on any atom is -0.494 e. The molecule has 0 unspecified atom stereocenters. The molecule has 0 saturated heterocycles. The van der Waals surface area contributed by atoms with Gasteiger partial charge >= 0.3 is 5.97 Å². The van der Waals surface area contributed by atoms with Crippen LogP contribution in [0.15, 0.2) is 12.1 Å². The molecule has 0 aliphatic rings. The van der Waals surface area contributed by atoms with Gasteiger partial charge in [0.1, 0.15) is 11.4 Å². The molecule has 0 saturated carbocycles. The first-order valence-corrected chi connectivity index (χ1v) is 6.60. The molecular formula is C13H15ClN4O3. The molecule has 8 heteroatoms. The number of nitrogen functional groups attached to an aromatic ring is 1. The van der Waals surface area contributed by atoms with Gasteiger partial charge in [0.2, 0.25) is 5.69 Å². The van der Waals surface area contributed by atoms with E-state index in [4.69, 9.17) is 26.8 Å². The maximum Gasteiger partial charge on any atom is 0.362 e. The number of aryl methyl sites for hydroxylation is 1. The molecule has 2 aromatic rings. The zero-order valence-electron chi connectivity index (χ0n) is 11.9. The summed E-state index contributed by atoms with van der Waals surface area (Å²) in [5.74, 6) is -0.0722. The Morgan fingerprint density at radius 2 is 2.19 bits per heavy atom. The minimum absolute atomic E-state index is 0.0356. The lowest BCUT2D eigenvalue weighted by Crippen LogP contribution is -2.10. The van der Waals surface area contributed by atoms with Crippen molar-refractivity contribution < 1.29 is 14.3 Å². The number of aromatic nitrogens is 3. The van der Waals surface area contributed by atoms with Crippen LogP contribution in [0.5, 0.6) is 5.75 Å². The van der Waals surface area contributed by atoms with Crippen molar-refractivity contribution in [3.8, 4) is 11.4 Å². The number of anilines is 1. The van der Waals surface area contributed by atoms with Crippen molar-refractivity contribution in [1.29, 1.82) is 0 Å². The number of nitrogens with two attached hydrogens (primary N) is 1. The van der Waals surface area contributed by atoms with Crippen molar-refractivity contribution in [1.82, 2.24) is 15.0 Å². The fraction of sp³-hybridized carbons (Fsp3) is 0.308. The molecule has 1 heterocycles. The Bertz CT molecular complexity index is 684. The fourth-order valence-corrected chi connectivity index (χ4v) is 1.94. The number of carbonyl (C=O) groups is 1. The molecule has 1 aromatic heterocycles. The van der Waals surface area contributed by atoms with Gasteiger partial charge in [-0.25, -0.2) is 4.79 Å². The van der Waals surface area contributed by atoms with Crippen LogP contribution in [-0.2, 0) is 4.74 Å². The van der Waals surface area contributed by atoms with E-state index in [1.54, 1.807) is 19.1 Å². The highest BCUT2D eigenvalue weighted by atomic mass is 35.5. The molecule has 2 N–H and O–H groups in total. The number of methoxy groups -OCH3 is 1. The number of hydrogen-bond donors (Lipinski definition) is 1. The SMILES string of the molecule is CCOC(=O)c1nnn(-c2cc(C)c(Cl)cc2OC)c1N. The van der Waals surface area contributed by atoms with Gasteiger partial charge in [0, 0.05) is 11.1 Å². The number of nitrogens with zero attached hydrogens (tertiary/aromatic N) is 3. The molecule has 0 aliphatic heterocycles. The summed E-state index contributed by atoms with van der Waals surface area (Å²) in [5.41, 5.74) is 7.25.